The highest BCUT2D eigenvalue weighted by Gasteiger charge is 2.65. The van der Waals surface area contributed by atoms with E-state index in [1.807, 2.05) is 0 Å². The number of ether oxygens (including phenoxy) is 1. The van der Waals surface area contributed by atoms with E-state index in [4.69, 9.17) is 4.74 Å². The van der Waals surface area contributed by atoms with Crippen molar-refractivity contribution in [1.82, 2.24) is 0 Å². The molecule has 0 unspecified atom stereocenters. The molecule has 34 heavy (non-hydrogen) atoms. The van der Waals surface area contributed by atoms with Crippen molar-refractivity contribution < 1.29 is 14.5 Å². The van der Waals surface area contributed by atoms with Crippen LogP contribution in [0, 0.1) is 62.4 Å². The first-order valence-corrected chi connectivity index (χ1v) is 14.3. The molecule has 10 atom stereocenters. The second-order valence-electron chi connectivity index (χ2n) is 13.6. The zero-order valence-electron chi connectivity index (χ0n) is 22.6. The summed E-state index contributed by atoms with van der Waals surface area (Å²) in [6.45, 7) is 13.5. The second kappa shape index (κ2) is 9.73. The van der Waals surface area contributed by atoms with Crippen molar-refractivity contribution in [2.45, 2.75) is 124 Å². The fourth-order valence-corrected chi connectivity index (χ4v) is 9.86. The minimum absolute atomic E-state index is 0.000397. The highest BCUT2D eigenvalue weighted by molar-refractivity contribution is 5.66. The zero-order valence-corrected chi connectivity index (χ0v) is 22.6. The van der Waals surface area contributed by atoms with Crippen LogP contribution in [0.5, 0.6) is 0 Å². The molecule has 4 rings (SSSR count). The van der Waals surface area contributed by atoms with Gasteiger partial charge in [-0.05, 0) is 91.3 Å². The third kappa shape index (κ3) is 4.54. The van der Waals surface area contributed by atoms with Gasteiger partial charge in [0.15, 0.2) is 0 Å². The number of nitrogens with zero attached hydrogens (tertiary/aromatic N) is 1. The molecular formula is C29H49NO4. The third-order valence-electron chi connectivity index (χ3n) is 11.4. The van der Waals surface area contributed by atoms with Gasteiger partial charge in [0.05, 0.1) is 0 Å². The Labute approximate surface area is 207 Å². The molecule has 0 amide bonds. The van der Waals surface area contributed by atoms with Gasteiger partial charge in [-0.2, -0.15) is 0 Å². The van der Waals surface area contributed by atoms with E-state index in [-0.39, 0.29) is 28.3 Å². The number of rotatable bonds is 7. The van der Waals surface area contributed by atoms with Crippen LogP contribution in [0.3, 0.4) is 0 Å². The van der Waals surface area contributed by atoms with Gasteiger partial charge in [-0.25, -0.2) is 0 Å². The normalized spacial score (nSPS) is 44.6. The van der Waals surface area contributed by atoms with E-state index < -0.39 is 6.04 Å². The Hall–Kier alpha value is -1.13. The number of nitro groups is 1. The lowest BCUT2D eigenvalue weighted by atomic mass is 9.43. The Morgan fingerprint density at radius 2 is 1.65 bits per heavy atom. The predicted octanol–water partition coefficient (Wildman–Crippen LogP) is 7.29. The van der Waals surface area contributed by atoms with Gasteiger partial charge in [0.25, 0.3) is 0 Å². The van der Waals surface area contributed by atoms with E-state index in [2.05, 4.69) is 34.6 Å². The van der Waals surface area contributed by atoms with Crippen molar-refractivity contribution >= 4 is 5.97 Å². The highest BCUT2D eigenvalue weighted by atomic mass is 16.6. The van der Waals surface area contributed by atoms with E-state index in [0.717, 1.165) is 37.0 Å². The molecule has 4 aliphatic carbocycles. The van der Waals surface area contributed by atoms with Crippen LogP contribution in [0.25, 0.3) is 0 Å². The van der Waals surface area contributed by atoms with Gasteiger partial charge in [-0.3, -0.25) is 14.9 Å². The van der Waals surface area contributed by atoms with Gasteiger partial charge in [0.1, 0.15) is 6.10 Å². The van der Waals surface area contributed by atoms with E-state index in [1.54, 1.807) is 0 Å². The summed E-state index contributed by atoms with van der Waals surface area (Å²) < 4.78 is 5.56. The Morgan fingerprint density at radius 1 is 0.971 bits per heavy atom. The fraction of sp³-hybridized carbons (Fsp3) is 0.966. The van der Waals surface area contributed by atoms with E-state index in [0.29, 0.717) is 29.6 Å². The molecule has 0 aromatic rings. The molecule has 0 heterocycles. The standard InChI is InChI=1S/C29H49NO4/c1-18(2)8-7-9-19(3)23-10-11-24-22-17-27(30(32)33)26-16-21(34-20(4)31)12-14-29(26,6)25(22)13-15-28(23,24)5/h18-19,21-27H,7-17H2,1-6H3/t19-,21-,22+,23-,24-,25-,26-,27-,28+,29-/m1/s1. The van der Waals surface area contributed by atoms with Gasteiger partial charge in [-0.1, -0.05) is 53.9 Å². The first-order valence-electron chi connectivity index (χ1n) is 14.3. The van der Waals surface area contributed by atoms with Crippen LogP contribution >= 0.6 is 0 Å². The van der Waals surface area contributed by atoms with Crippen molar-refractivity contribution in [3.8, 4) is 0 Å². The molecular weight excluding hydrogens is 426 g/mol. The third-order valence-corrected chi connectivity index (χ3v) is 11.4. The summed E-state index contributed by atoms with van der Waals surface area (Å²) in [4.78, 5) is 24.0. The average Bonchev–Trinajstić information content (AvgIpc) is 3.10. The molecule has 0 radical (unpaired) electrons. The lowest BCUT2D eigenvalue weighted by Crippen LogP contribution is -2.60. The van der Waals surface area contributed by atoms with Gasteiger partial charge in [-0.15, -0.1) is 0 Å². The van der Waals surface area contributed by atoms with Gasteiger partial charge < -0.3 is 4.74 Å². The van der Waals surface area contributed by atoms with E-state index in [9.17, 15) is 14.9 Å². The summed E-state index contributed by atoms with van der Waals surface area (Å²) >= 11 is 0. The summed E-state index contributed by atoms with van der Waals surface area (Å²) in [5, 5.41) is 12.4. The van der Waals surface area contributed by atoms with Crippen LogP contribution in [-0.4, -0.2) is 23.0 Å². The maximum Gasteiger partial charge on any atom is 0.302 e. The average molecular weight is 476 g/mol. The minimum Gasteiger partial charge on any atom is -0.463 e. The lowest BCUT2D eigenvalue weighted by molar-refractivity contribution is -0.547. The van der Waals surface area contributed by atoms with Crippen LogP contribution < -0.4 is 0 Å². The second-order valence-corrected chi connectivity index (χ2v) is 13.6. The van der Waals surface area contributed by atoms with Gasteiger partial charge in [0.2, 0.25) is 6.04 Å². The van der Waals surface area contributed by atoms with Crippen LogP contribution in [0.15, 0.2) is 0 Å². The maximum atomic E-state index is 12.4. The number of carbonyl (C=O) groups is 1. The van der Waals surface area contributed by atoms with Crippen molar-refractivity contribution in [3.05, 3.63) is 10.1 Å². The first-order chi connectivity index (χ1) is 16.0. The molecule has 0 bridgehead atoms. The summed E-state index contributed by atoms with van der Waals surface area (Å²) in [5.74, 6) is 3.77. The Morgan fingerprint density at radius 3 is 2.29 bits per heavy atom. The molecule has 0 saturated heterocycles. The van der Waals surface area contributed by atoms with Crippen LogP contribution in [-0.2, 0) is 9.53 Å². The molecule has 0 N–H and O–H groups in total. The van der Waals surface area contributed by atoms with Crippen LogP contribution in [0.4, 0.5) is 0 Å². The number of esters is 1. The molecule has 0 aliphatic heterocycles. The molecule has 5 nitrogen and oxygen atoms in total. The van der Waals surface area contributed by atoms with E-state index >= 15 is 0 Å². The molecule has 4 fully saturated rings. The largest absolute Gasteiger partial charge is 0.463 e. The predicted molar refractivity (Wildman–Crippen MR) is 135 cm³/mol. The summed E-state index contributed by atoms with van der Waals surface area (Å²) in [7, 11) is 0. The summed E-state index contributed by atoms with van der Waals surface area (Å²) in [6.07, 6.45) is 12.1. The van der Waals surface area contributed by atoms with Crippen molar-refractivity contribution in [2.75, 3.05) is 0 Å². The van der Waals surface area contributed by atoms with Crippen molar-refractivity contribution in [2.24, 2.45) is 52.3 Å². The fourth-order valence-electron chi connectivity index (χ4n) is 9.86. The maximum absolute atomic E-state index is 12.4. The molecule has 0 aromatic carbocycles. The molecule has 194 valence electrons. The lowest BCUT2D eigenvalue weighted by Gasteiger charge is -2.61. The molecule has 5 heteroatoms. The SMILES string of the molecule is CC(=O)O[C@@H]1CC[C@]2(C)[C@@H]3CC[C@]4(C)[C@H](CC[C@@H]4[C@H](C)CCCC(C)C)[C@@H]3C[C@@H]([N+](=O)[O-])[C@H]2C1. The summed E-state index contributed by atoms with van der Waals surface area (Å²) in [6, 6.07) is -0.491. The highest BCUT2D eigenvalue weighted by Crippen LogP contribution is 2.68. The zero-order chi connectivity index (χ0) is 24.8. The van der Waals surface area contributed by atoms with Crippen molar-refractivity contribution in [3.63, 3.8) is 0 Å². The smallest absolute Gasteiger partial charge is 0.302 e. The Bertz CT molecular complexity index is 767. The van der Waals surface area contributed by atoms with E-state index in [1.165, 1.54) is 51.9 Å². The van der Waals surface area contributed by atoms with Crippen LogP contribution in [0.2, 0.25) is 0 Å². The number of carbonyl (C=O) groups excluding carboxylic acids is 1. The summed E-state index contributed by atoms with van der Waals surface area (Å²) in [5.41, 5.74) is 0.345. The first kappa shape index (κ1) is 25.9. The van der Waals surface area contributed by atoms with Gasteiger partial charge >= 0.3 is 5.97 Å². The number of hydrogen-bond donors (Lipinski definition) is 0. The molecule has 0 aromatic heterocycles. The van der Waals surface area contributed by atoms with Crippen molar-refractivity contribution in [1.29, 1.82) is 0 Å². The molecule has 4 saturated carbocycles. The Kier molecular flexibility index (Phi) is 7.43. The number of fused-ring (bicyclic) bond motifs is 5. The number of hydrogen-bond acceptors (Lipinski definition) is 4. The topological polar surface area (TPSA) is 69.4 Å². The molecule has 4 aliphatic rings. The quantitative estimate of drug-likeness (QED) is 0.220. The monoisotopic (exact) mass is 475 g/mol. The molecule has 0 spiro atoms. The Balaban J connectivity index is 1.54. The van der Waals surface area contributed by atoms with Gasteiger partial charge in [0, 0.05) is 24.2 Å². The minimum atomic E-state index is -0.491. The van der Waals surface area contributed by atoms with Crippen LogP contribution in [0.1, 0.15) is 112 Å².